The van der Waals surface area contributed by atoms with Gasteiger partial charge in [0.05, 0.1) is 17.9 Å². The Kier molecular flexibility index (Phi) is 11.3. The summed E-state index contributed by atoms with van der Waals surface area (Å²) < 4.78 is 6.17. The second kappa shape index (κ2) is 14.4. The van der Waals surface area contributed by atoms with E-state index in [0.29, 0.717) is 37.9 Å². The number of aliphatic hydroxyl groups is 1. The number of nitrogens with one attached hydrogen (secondary N) is 1. The summed E-state index contributed by atoms with van der Waals surface area (Å²) in [5.74, 6) is -0.114. The van der Waals surface area contributed by atoms with Crippen LogP contribution in [0.3, 0.4) is 0 Å². The van der Waals surface area contributed by atoms with Gasteiger partial charge in [0.25, 0.3) is 0 Å². The summed E-state index contributed by atoms with van der Waals surface area (Å²) in [6.45, 7) is 27.0. The van der Waals surface area contributed by atoms with Gasteiger partial charge in [-0.1, -0.05) is 54.0 Å². The fourth-order valence-corrected chi connectivity index (χ4v) is 13.2. The molecule has 300 valence electrons. The summed E-state index contributed by atoms with van der Waals surface area (Å²) in [6, 6.07) is 0.183. The third-order valence-electron chi connectivity index (χ3n) is 16.4. The third kappa shape index (κ3) is 6.84. The maximum atomic E-state index is 14.1. The van der Waals surface area contributed by atoms with Gasteiger partial charge >= 0.3 is 11.9 Å². The number of fused-ring (bicyclic) bond motifs is 7. The lowest BCUT2D eigenvalue weighted by Gasteiger charge is -2.72. The van der Waals surface area contributed by atoms with Crippen LogP contribution in [-0.2, 0) is 23.9 Å². The molecule has 9 unspecified atom stereocenters. The summed E-state index contributed by atoms with van der Waals surface area (Å²) in [5.41, 5.74) is 0.309. The van der Waals surface area contributed by atoms with Crippen molar-refractivity contribution in [3.8, 4) is 0 Å². The van der Waals surface area contributed by atoms with E-state index in [1.54, 1.807) is 13.8 Å². The molecule has 53 heavy (non-hydrogen) atoms. The molecule has 1 amide bonds. The minimum absolute atomic E-state index is 0.0342. The molecule has 0 saturated heterocycles. The Labute approximate surface area is 319 Å². The maximum Gasteiger partial charge on any atom is 0.309 e. The number of carbonyl (C=O) groups excluding carboxylic acids is 3. The minimum Gasteiger partial charge on any atom is -0.481 e. The summed E-state index contributed by atoms with van der Waals surface area (Å²) >= 11 is 0. The standard InChI is InChI=1S/C44H72N2O7/c1-26(2)36-30(48)23-44(33(49)25-46(27(3)4)22-21-45-28(5)47)20-19-42(11)29(37(36)44)13-14-32-41(10)17-16-34(53-35(50)24-39(6,7)38(51)52)40(8,9)31(41)15-18-43(32,42)12/h26-27,29,31-34,49H,13-25H2,1-12H3,(H,45,47)(H,51,52). The Morgan fingerprint density at radius 2 is 1.58 bits per heavy atom. The van der Waals surface area contributed by atoms with Crippen molar-refractivity contribution in [3.05, 3.63) is 11.1 Å². The molecule has 0 aromatic rings. The van der Waals surface area contributed by atoms with Crippen LogP contribution < -0.4 is 5.32 Å². The van der Waals surface area contributed by atoms with E-state index < -0.39 is 28.9 Å². The van der Waals surface area contributed by atoms with Gasteiger partial charge in [-0.3, -0.25) is 24.1 Å². The Balaban J connectivity index is 1.44. The predicted molar refractivity (Wildman–Crippen MR) is 207 cm³/mol. The highest BCUT2D eigenvalue weighted by Gasteiger charge is 2.71. The normalized spacial score (nSPS) is 37.2. The highest BCUT2D eigenvalue weighted by atomic mass is 16.5. The number of ketones is 1. The van der Waals surface area contributed by atoms with Gasteiger partial charge in [-0.05, 0) is 125 Å². The van der Waals surface area contributed by atoms with Crippen LogP contribution in [0.4, 0.5) is 0 Å². The molecular weight excluding hydrogens is 668 g/mol. The van der Waals surface area contributed by atoms with Crippen molar-refractivity contribution in [3.63, 3.8) is 0 Å². The minimum atomic E-state index is -1.17. The van der Waals surface area contributed by atoms with E-state index in [1.165, 1.54) is 12.5 Å². The second-order valence-corrected chi connectivity index (χ2v) is 20.6. The average molecular weight is 741 g/mol. The SMILES string of the molecule is CC(=O)NCCN(CC(O)C12CCC3(C)C(CCC4C5(C)CCC(OC(=O)CC(C)(C)C(=O)O)C(C)(C)C5CCC43C)C1=C(C(C)C)C(=O)C2)C(C)C. The van der Waals surface area contributed by atoms with Crippen LogP contribution in [0.2, 0.25) is 0 Å². The van der Waals surface area contributed by atoms with E-state index in [9.17, 15) is 29.4 Å². The maximum absolute atomic E-state index is 14.1. The molecule has 0 aliphatic heterocycles. The Morgan fingerprint density at radius 1 is 0.925 bits per heavy atom. The van der Waals surface area contributed by atoms with Gasteiger partial charge < -0.3 is 20.3 Å². The van der Waals surface area contributed by atoms with E-state index in [-0.39, 0.29) is 63.8 Å². The molecule has 9 heteroatoms. The fourth-order valence-electron chi connectivity index (χ4n) is 13.2. The second-order valence-electron chi connectivity index (χ2n) is 20.6. The summed E-state index contributed by atoms with van der Waals surface area (Å²) in [6.07, 6.45) is 7.00. The van der Waals surface area contributed by atoms with Crippen molar-refractivity contribution in [1.82, 2.24) is 10.2 Å². The molecule has 4 saturated carbocycles. The average Bonchev–Trinajstić information content (AvgIpc) is 3.35. The van der Waals surface area contributed by atoms with Crippen molar-refractivity contribution in [2.75, 3.05) is 19.6 Å². The number of nitrogens with zero attached hydrogens (tertiary/aromatic N) is 1. The molecule has 9 nitrogen and oxygen atoms in total. The van der Waals surface area contributed by atoms with Crippen molar-refractivity contribution in [2.24, 2.45) is 56.2 Å². The molecule has 0 bridgehead atoms. The van der Waals surface area contributed by atoms with E-state index in [0.717, 1.165) is 56.9 Å². The van der Waals surface area contributed by atoms with Crippen LogP contribution in [0.1, 0.15) is 147 Å². The topological polar surface area (TPSA) is 133 Å². The number of hydrogen-bond acceptors (Lipinski definition) is 7. The molecule has 0 heterocycles. The van der Waals surface area contributed by atoms with Gasteiger partial charge in [0.1, 0.15) is 6.10 Å². The lowest BCUT2D eigenvalue weighted by atomic mass is 9.33. The van der Waals surface area contributed by atoms with E-state index in [4.69, 9.17) is 4.74 Å². The zero-order valence-electron chi connectivity index (χ0n) is 35.1. The van der Waals surface area contributed by atoms with Crippen molar-refractivity contribution < 1.29 is 34.1 Å². The van der Waals surface area contributed by atoms with Gasteiger partial charge in [-0.25, -0.2) is 0 Å². The molecule has 0 spiro atoms. The molecule has 4 fully saturated rings. The number of hydrogen-bond donors (Lipinski definition) is 3. The number of carboxylic acid groups (broad SMARTS) is 1. The molecule has 0 radical (unpaired) electrons. The van der Waals surface area contributed by atoms with E-state index in [1.807, 2.05) is 0 Å². The number of carbonyl (C=O) groups is 4. The number of ether oxygens (including phenoxy) is 1. The number of aliphatic carboxylic acids is 1. The van der Waals surface area contributed by atoms with Crippen LogP contribution in [0.25, 0.3) is 0 Å². The summed E-state index contributed by atoms with van der Waals surface area (Å²) in [4.78, 5) is 52.9. The first kappa shape index (κ1) is 41.9. The molecule has 0 aromatic carbocycles. The van der Waals surface area contributed by atoms with Gasteiger partial charge in [0.2, 0.25) is 5.91 Å². The van der Waals surface area contributed by atoms with Crippen LogP contribution in [0.5, 0.6) is 0 Å². The van der Waals surface area contributed by atoms with E-state index in [2.05, 4.69) is 72.5 Å². The number of aliphatic hydroxyl groups excluding tert-OH is 1. The molecular formula is C44H72N2O7. The quantitative estimate of drug-likeness (QED) is 0.175. The first-order chi connectivity index (χ1) is 24.4. The molecule has 9 atom stereocenters. The van der Waals surface area contributed by atoms with Crippen molar-refractivity contribution in [2.45, 2.75) is 166 Å². The predicted octanol–water partition coefficient (Wildman–Crippen LogP) is 7.59. The largest absolute Gasteiger partial charge is 0.481 e. The first-order valence-electron chi connectivity index (χ1n) is 20.8. The van der Waals surface area contributed by atoms with Crippen LogP contribution in [0.15, 0.2) is 11.1 Å². The number of carboxylic acids is 1. The zero-order valence-corrected chi connectivity index (χ0v) is 35.1. The Hall–Kier alpha value is -2.26. The summed E-state index contributed by atoms with van der Waals surface area (Å²) in [7, 11) is 0. The lowest BCUT2D eigenvalue weighted by molar-refractivity contribution is -0.235. The number of esters is 1. The summed E-state index contributed by atoms with van der Waals surface area (Å²) in [5, 5.41) is 24.9. The van der Waals surface area contributed by atoms with Gasteiger partial charge in [-0.15, -0.1) is 0 Å². The molecule has 5 rings (SSSR count). The number of Topliss-reactive ketones (excluding diaryl/α,β-unsaturated/α-hetero) is 1. The Morgan fingerprint density at radius 3 is 2.17 bits per heavy atom. The molecule has 5 aliphatic carbocycles. The van der Waals surface area contributed by atoms with Crippen LogP contribution in [-0.4, -0.2) is 76.6 Å². The Bertz CT molecular complexity index is 1500. The first-order valence-corrected chi connectivity index (χ1v) is 20.8. The van der Waals surface area contributed by atoms with Crippen molar-refractivity contribution in [1.29, 1.82) is 0 Å². The molecule has 5 aliphatic rings. The number of allylic oxidation sites excluding steroid dienone is 1. The van der Waals surface area contributed by atoms with Crippen molar-refractivity contribution >= 4 is 23.6 Å². The smallest absolute Gasteiger partial charge is 0.309 e. The van der Waals surface area contributed by atoms with Gasteiger partial charge in [0, 0.05) is 49.9 Å². The van der Waals surface area contributed by atoms with Gasteiger partial charge in [0.15, 0.2) is 5.78 Å². The number of rotatable bonds is 12. The monoisotopic (exact) mass is 741 g/mol. The molecule has 0 aromatic heterocycles. The zero-order chi connectivity index (χ0) is 39.7. The lowest BCUT2D eigenvalue weighted by Crippen LogP contribution is -2.66. The third-order valence-corrected chi connectivity index (χ3v) is 16.4. The molecule has 3 N–H and O–H groups in total. The highest BCUT2D eigenvalue weighted by Crippen LogP contribution is 2.77. The van der Waals surface area contributed by atoms with Gasteiger partial charge in [-0.2, -0.15) is 0 Å². The van der Waals surface area contributed by atoms with E-state index >= 15 is 0 Å². The van der Waals surface area contributed by atoms with Crippen LogP contribution in [0, 0.1) is 56.2 Å². The number of amides is 1. The highest BCUT2D eigenvalue weighted by molar-refractivity contribution is 6.00. The van der Waals surface area contributed by atoms with Crippen LogP contribution >= 0.6 is 0 Å². The fraction of sp³-hybridized carbons (Fsp3) is 0.864.